The number of fused-ring (bicyclic) bond motifs is 1. The number of ether oxygens (including phenoxy) is 3. The molecule has 2 aromatic carbocycles. The number of allylic oxidation sites excluding steroid dienone is 1. The first-order valence-corrected chi connectivity index (χ1v) is 15.4. The second kappa shape index (κ2) is 13.5. The predicted octanol–water partition coefficient (Wildman–Crippen LogP) is 5.20. The molecule has 0 fully saturated rings. The highest BCUT2D eigenvalue weighted by atomic mass is 79.9. The van der Waals surface area contributed by atoms with Crippen molar-refractivity contribution in [3.8, 4) is 11.5 Å². The third-order valence-electron chi connectivity index (χ3n) is 7.01. The van der Waals surface area contributed by atoms with Crippen LogP contribution in [0.3, 0.4) is 0 Å². The first-order chi connectivity index (χ1) is 19.8. The molecule has 0 saturated heterocycles. The van der Waals surface area contributed by atoms with Gasteiger partial charge in [-0.25, -0.2) is 9.79 Å². The van der Waals surface area contributed by atoms with Gasteiger partial charge in [-0.1, -0.05) is 40.6 Å². The van der Waals surface area contributed by atoms with Gasteiger partial charge in [0.2, 0.25) is 0 Å². The SMILES string of the molecule is CCCC1=C(C(=O)OCC)[C@H](c2cc(Br)ccc2OC)n2c(s/c(=C/c3ccc(N(CC)CC)cc3OC)c2=O)=N1. The van der Waals surface area contributed by atoms with Gasteiger partial charge < -0.3 is 19.1 Å². The monoisotopic (exact) mass is 641 g/mol. The molecule has 1 aromatic heterocycles. The van der Waals surface area contributed by atoms with Gasteiger partial charge in [0.1, 0.15) is 17.5 Å². The zero-order valence-corrected chi connectivity index (χ0v) is 26.7. The van der Waals surface area contributed by atoms with E-state index >= 15 is 0 Å². The van der Waals surface area contributed by atoms with Gasteiger partial charge in [-0.2, -0.15) is 0 Å². The number of methoxy groups -OCH3 is 2. The molecule has 41 heavy (non-hydrogen) atoms. The molecule has 0 aliphatic carbocycles. The van der Waals surface area contributed by atoms with Crippen LogP contribution in [0.5, 0.6) is 11.5 Å². The van der Waals surface area contributed by atoms with Crippen molar-refractivity contribution in [1.82, 2.24) is 4.57 Å². The normalized spacial score (nSPS) is 14.9. The minimum atomic E-state index is -0.770. The zero-order valence-electron chi connectivity index (χ0n) is 24.3. The quantitative estimate of drug-likeness (QED) is 0.268. The van der Waals surface area contributed by atoms with Crippen LogP contribution in [0.15, 0.2) is 61.9 Å². The molecule has 0 N–H and O–H groups in total. The lowest BCUT2D eigenvalue weighted by Gasteiger charge is -2.27. The van der Waals surface area contributed by atoms with E-state index in [0.717, 1.165) is 35.2 Å². The van der Waals surface area contributed by atoms with Crippen LogP contribution in [-0.4, -0.2) is 44.5 Å². The first-order valence-electron chi connectivity index (χ1n) is 13.8. The average Bonchev–Trinajstić information content (AvgIpc) is 3.28. The number of nitrogens with zero attached hydrogens (tertiary/aromatic N) is 3. The van der Waals surface area contributed by atoms with Crippen molar-refractivity contribution in [2.45, 2.75) is 46.6 Å². The molecular formula is C31H36BrN3O5S. The molecule has 0 bridgehead atoms. The van der Waals surface area contributed by atoms with E-state index in [-0.39, 0.29) is 12.2 Å². The third-order valence-corrected chi connectivity index (χ3v) is 8.49. The summed E-state index contributed by atoms with van der Waals surface area (Å²) >= 11 is 4.85. The molecule has 0 saturated carbocycles. The van der Waals surface area contributed by atoms with Crippen molar-refractivity contribution in [3.63, 3.8) is 0 Å². The summed E-state index contributed by atoms with van der Waals surface area (Å²) in [7, 11) is 3.20. The van der Waals surface area contributed by atoms with Gasteiger partial charge in [-0.3, -0.25) is 9.36 Å². The molecule has 0 spiro atoms. The lowest BCUT2D eigenvalue weighted by molar-refractivity contribution is -0.139. The number of carbonyl (C=O) groups is 1. The highest BCUT2D eigenvalue weighted by Gasteiger charge is 2.36. The Kier molecular flexibility index (Phi) is 10.1. The van der Waals surface area contributed by atoms with Crippen LogP contribution in [0, 0.1) is 0 Å². The Hall–Kier alpha value is -3.37. The van der Waals surface area contributed by atoms with Crippen molar-refractivity contribution < 1.29 is 19.0 Å². The van der Waals surface area contributed by atoms with Gasteiger partial charge in [0.15, 0.2) is 4.80 Å². The molecule has 0 amide bonds. The van der Waals surface area contributed by atoms with Crippen molar-refractivity contribution >= 4 is 45.0 Å². The van der Waals surface area contributed by atoms with Crippen LogP contribution in [0.1, 0.15) is 57.7 Å². The Labute approximate surface area is 252 Å². The second-order valence-electron chi connectivity index (χ2n) is 9.40. The van der Waals surface area contributed by atoms with Crippen molar-refractivity contribution in [3.05, 3.63) is 83.0 Å². The van der Waals surface area contributed by atoms with Crippen LogP contribution in [0.25, 0.3) is 6.08 Å². The minimum Gasteiger partial charge on any atom is -0.496 e. The fraction of sp³-hybridized carbons (Fsp3) is 0.387. The molecule has 3 aromatic rings. The van der Waals surface area contributed by atoms with Crippen LogP contribution >= 0.6 is 27.3 Å². The second-order valence-corrected chi connectivity index (χ2v) is 11.3. The number of benzene rings is 2. The highest BCUT2D eigenvalue weighted by Crippen LogP contribution is 2.38. The van der Waals surface area contributed by atoms with Crippen molar-refractivity contribution in [2.75, 3.05) is 38.8 Å². The molecule has 1 aliphatic rings. The van der Waals surface area contributed by atoms with Gasteiger partial charge in [-0.15, -0.1) is 0 Å². The molecule has 218 valence electrons. The van der Waals surface area contributed by atoms with E-state index < -0.39 is 12.0 Å². The molecule has 2 heterocycles. The average molecular weight is 643 g/mol. The van der Waals surface area contributed by atoms with Gasteiger partial charge in [0.05, 0.1) is 36.6 Å². The smallest absolute Gasteiger partial charge is 0.338 e. The Morgan fingerprint density at radius 2 is 1.80 bits per heavy atom. The summed E-state index contributed by atoms with van der Waals surface area (Å²) in [6, 6.07) is 10.8. The fourth-order valence-electron chi connectivity index (χ4n) is 5.08. The molecule has 4 rings (SSSR count). The van der Waals surface area contributed by atoms with E-state index in [1.807, 2.05) is 49.4 Å². The number of esters is 1. The number of carbonyl (C=O) groups excluding carboxylic acids is 1. The summed E-state index contributed by atoms with van der Waals surface area (Å²) in [4.78, 5) is 35.2. The lowest BCUT2D eigenvalue weighted by atomic mass is 9.93. The lowest BCUT2D eigenvalue weighted by Crippen LogP contribution is -2.40. The molecule has 1 atom stereocenters. The Bertz CT molecular complexity index is 1640. The minimum absolute atomic E-state index is 0.206. The maximum Gasteiger partial charge on any atom is 0.338 e. The molecule has 10 heteroatoms. The summed E-state index contributed by atoms with van der Waals surface area (Å²) in [6.45, 7) is 9.97. The summed E-state index contributed by atoms with van der Waals surface area (Å²) in [6.07, 6.45) is 3.17. The summed E-state index contributed by atoms with van der Waals surface area (Å²) in [5, 5.41) is 0. The summed E-state index contributed by atoms with van der Waals surface area (Å²) in [5.74, 6) is 0.736. The van der Waals surface area contributed by atoms with Gasteiger partial charge in [0, 0.05) is 40.4 Å². The van der Waals surface area contributed by atoms with E-state index in [4.69, 9.17) is 19.2 Å². The topological polar surface area (TPSA) is 82.4 Å². The Balaban J connectivity index is 2.00. The number of halogens is 1. The number of thiazole rings is 1. The molecular weight excluding hydrogens is 606 g/mol. The summed E-state index contributed by atoms with van der Waals surface area (Å²) < 4.78 is 19.8. The predicted molar refractivity (Wildman–Crippen MR) is 167 cm³/mol. The van der Waals surface area contributed by atoms with Gasteiger partial charge >= 0.3 is 5.97 Å². The summed E-state index contributed by atoms with van der Waals surface area (Å²) in [5.41, 5.74) is 3.21. The highest BCUT2D eigenvalue weighted by molar-refractivity contribution is 9.10. The van der Waals surface area contributed by atoms with Crippen LogP contribution in [0.2, 0.25) is 0 Å². The standard InChI is InChI=1S/C31H36BrN3O5S/c1-7-11-23-27(30(37)40-10-4)28(22-17-20(32)13-15-24(22)38-5)35-29(36)26(41-31(35)33-23)16-19-12-14-21(18-25(19)39-6)34(8-2)9-3/h12-18,28H,7-11H2,1-6H3/b26-16+/t28-/m0/s1. The molecule has 0 unspecified atom stereocenters. The fourth-order valence-corrected chi connectivity index (χ4v) is 6.47. The van der Waals surface area contributed by atoms with E-state index in [9.17, 15) is 9.59 Å². The van der Waals surface area contributed by atoms with Gasteiger partial charge in [0.25, 0.3) is 5.56 Å². The van der Waals surface area contributed by atoms with E-state index in [1.165, 1.54) is 11.3 Å². The molecule has 1 aliphatic heterocycles. The molecule has 0 radical (unpaired) electrons. The number of rotatable bonds is 11. The van der Waals surface area contributed by atoms with E-state index in [2.05, 4.69) is 34.7 Å². The zero-order chi connectivity index (χ0) is 29.7. The maximum absolute atomic E-state index is 14.2. The first kappa shape index (κ1) is 30.6. The number of aromatic nitrogens is 1. The van der Waals surface area contributed by atoms with E-state index in [0.29, 0.717) is 44.1 Å². The van der Waals surface area contributed by atoms with Gasteiger partial charge in [-0.05, 0) is 63.6 Å². The number of hydrogen-bond donors (Lipinski definition) is 0. The van der Waals surface area contributed by atoms with Crippen LogP contribution < -0.4 is 29.3 Å². The maximum atomic E-state index is 14.2. The largest absolute Gasteiger partial charge is 0.496 e. The van der Waals surface area contributed by atoms with Crippen LogP contribution in [-0.2, 0) is 9.53 Å². The number of hydrogen-bond acceptors (Lipinski definition) is 8. The molecule has 8 nitrogen and oxygen atoms in total. The Morgan fingerprint density at radius 3 is 2.44 bits per heavy atom. The third kappa shape index (κ3) is 6.13. The van der Waals surface area contributed by atoms with E-state index in [1.54, 1.807) is 25.7 Å². The Morgan fingerprint density at radius 1 is 1.07 bits per heavy atom. The van der Waals surface area contributed by atoms with Crippen molar-refractivity contribution in [1.29, 1.82) is 0 Å². The number of anilines is 1. The van der Waals surface area contributed by atoms with Crippen molar-refractivity contribution in [2.24, 2.45) is 4.99 Å². The van der Waals surface area contributed by atoms with Crippen LogP contribution in [0.4, 0.5) is 5.69 Å².